The van der Waals surface area contributed by atoms with E-state index in [4.69, 9.17) is 49.4 Å². The number of cyclic esters (lactones) is 1. The van der Waals surface area contributed by atoms with Gasteiger partial charge in [-0.25, -0.2) is 33.0 Å². The number of epoxide rings is 2. The molecule has 0 radical (unpaired) electrons. The number of hydrogen-bond acceptors (Lipinski definition) is 27. The van der Waals surface area contributed by atoms with Crippen LogP contribution in [-0.4, -0.2) is 213 Å². The van der Waals surface area contributed by atoms with Crippen molar-refractivity contribution in [2.24, 2.45) is 35.3 Å². The minimum absolute atomic E-state index is 0.0211. The number of aliphatic carboxylic acids is 3. The fourth-order valence-electron chi connectivity index (χ4n) is 13.8. The molecule has 1 aromatic carbocycles. The number of allylic oxidation sites excluding steroid dienone is 4. The maximum atomic E-state index is 14.3. The summed E-state index contributed by atoms with van der Waals surface area (Å²) < 4.78 is 71.0. The van der Waals surface area contributed by atoms with Gasteiger partial charge >= 0.3 is 29.8 Å². The highest BCUT2D eigenvalue weighted by molar-refractivity contribution is 8.00. The van der Waals surface area contributed by atoms with Crippen molar-refractivity contribution in [1.82, 2.24) is 40.9 Å². The molecule has 4 aromatic rings. The number of aromatic amines is 1. The number of Topliss-reactive ketones (excluding diaryl/α,β-unsaturated/α-hetero) is 2. The van der Waals surface area contributed by atoms with E-state index >= 15 is 0 Å². The number of methoxy groups -OCH3 is 1. The van der Waals surface area contributed by atoms with E-state index in [0.717, 1.165) is 22.9 Å². The van der Waals surface area contributed by atoms with Gasteiger partial charge in [0.2, 0.25) is 11.9 Å². The number of rotatable bonds is 41. The molecule has 2 amide bonds. The van der Waals surface area contributed by atoms with Crippen molar-refractivity contribution in [3.8, 4) is 0 Å². The van der Waals surface area contributed by atoms with Crippen molar-refractivity contribution in [2.75, 3.05) is 47.7 Å². The zero-order valence-electron chi connectivity index (χ0n) is 64.8. The van der Waals surface area contributed by atoms with E-state index in [1.807, 2.05) is 84.2 Å². The van der Waals surface area contributed by atoms with Gasteiger partial charge in [0.25, 0.3) is 11.5 Å². The van der Waals surface area contributed by atoms with Gasteiger partial charge < -0.3 is 80.6 Å². The summed E-state index contributed by atoms with van der Waals surface area (Å²) in [6.45, 7) is 15.6. The van der Waals surface area contributed by atoms with Gasteiger partial charge in [0.15, 0.2) is 53.1 Å². The van der Waals surface area contributed by atoms with Crippen LogP contribution in [0.1, 0.15) is 139 Å². The molecule has 0 aliphatic carbocycles. The number of thioether (sulfide) groups is 1. The Hall–Kier alpha value is -9.53. The molecule has 13 N–H and O–H groups in total. The number of aryl methyl sites for hydroxylation is 1. The number of fused-ring (bicyclic) bond motifs is 5. The fraction of sp³-hybridized carbons (Fsp3) is 0.566. The van der Waals surface area contributed by atoms with Gasteiger partial charge in [-0.3, -0.25) is 48.7 Å². The molecule has 3 fully saturated rings. The van der Waals surface area contributed by atoms with Crippen molar-refractivity contribution in [1.29, 1.82) is 5.41 Å². The number of carboxylic acids is 3. The summed E-state index contributed by atoms with van der Waals surface area (Å²) in [6.07, 6.45) is 8.74. The van der Waals surface area contributed by atoms with Crippen LogP contribution >= 0.6 is 11.8 Å². The van der Waals surface area contributed by atoms with Crippen LogP contribution in [0.5, 0.6) is 0 Å². The molecule has 37 heteroatoms. The Morgan fingerprint density at radius 2 is 1.65 bits per heavy atom. The Morgan fingerprint density at radius 1 is 0.912 bits per heavy atom. The van der Waals surface area contributed by atoms with Crippen molar-refractivity contribution in [3.05, 3.63) is 111 Å². The molecule has 3 aromatic heterocycles. The molecule has 8 rings (SSSR count). The number of ether oxygens (including phenoxy) is 5. The summed E-state index contributed by atoms with van der Waals surface area (Å²) in [5.74, 6) is -13.1. The Bertz CT molecular complexity index is 4420. The number of nitrogens with one attached hydrogen (secondary N) is 6. The van der Waals surface area contributed by atoms with Crippen LogP contribution < -0.4 is 38.3 Å². The number of carboxylic acid groups (broad SMARTS) is 3. The van der Waals surface area contributed by atoms with E-state index in [1.54, 1.807) is 20.3 Å². The molecule has 4 aliphatic heterocycles. The largest absolute Gasteiger partial charge is 0.481 e. The quantitative estimate of drug-likeness (QED) is 0.00346. The Labute approximate surface area is 659 Å². The second kappa shape index (κ2) is 40.5. The lowest BCUT2D eigenvalue weighted by Crippen LogP contribution is -2.47. The number of nitrogens with zero attached hydrogens (tertiary/aromatic N) is 4. The van der Waals surface area contributed by atoms with Crippen LogP contribution in [0.4, 0.5) is 11.6 Å². The normalized spacial score (nSPS) is 23.3. The standard InChI is InChI=1S/C76H104N12O22S2Si/c1-41(29-51-39-105-45(5)83-51)13-10-14-43(3)65(104-7)44(4)58-36-61(76(6)60(109-76)23-16-42(2)57-30-46(32-63(93)106-57)31-59-66(107-59)73(101)108-58)110-113(8,9)28-12-26-112(102,103)27-25-111-40-49(71(97)98)34-56(90)55(35-62(91)92)86-69(95)48(15-11-24-80-74(77)78)33-53(89)21-22-54(72(99)100)85-68(94)47-17-19-50(20-18-47)81-37-52-38-82-67-64(84-52)70(96)88-75(79)87-67/h10,13-14,16-20,23,29,38-39,42,44,46,48-49,54-55,57-61,65-66,81H,11-12,15,21-22,24-28,30-37,40H2,1-9H3,(H,85,94)(H,86,95)(H,91,92)(H,97,98)(H,99,100)(H4,77,78,80)(H3,79,82,87,88,96)/b13-10+,23-16+,41-29+,43-14+/t42-,44+,46+,48?,49?,54?,55?,57-,58+,59+,60-,61+,65+,66-,76+/m1/s1. The van der Waals surface area contributed by atoms with Gasteiger partial charge in [-0.2, -0.15) is 16.7 Å². The van der Waals surface area contributed by atoms with E-state index in [-0.39, 0.29) is 109 Å². The summed E-state index contributed by atoms with van der Waals surface area (Å²) in [5, 5.41) is 48.2. The summed E-state index contributed by atoms with van der Waals surface area (Å²) in [4.78, 5) is 151. The first-order valence-corrected chi connectivity index (χ1v) is 43.6. The van der Waals surface area contributed by atoms with Crippen molar-refractivity contribution in [3.63, 3.8) is 0 Å². The highest BCUT2D eigenvalue weighted by Gasteiger charge is 2.60. The van der Waals surface area contributed by atoms with E-state index in [9.17, 15) is 71.7 Å². The number of hydrogen-bond donors (Lipinski definition) is 11. The van der Waals surface area contributed by atoms with Crippen molar-refractivity contribution in [2.45, 2.75) is 205 Å². The van der Waals surface area contributed by atoms with Crippen LogP contribution in [0.25, 0.3) is 17.2 Å². The molecule has 0 saturated carbocycles. The SMILES string of the molecule is CO[C@@H](/C(C)=C/C=C/C(C)=C/c1coc(C)n1)[C@@H](C)[C@@H]1C[C@H](O[Si](C)(C)CCCS(=O)(=O)CCSCC(CC(=O)C(CC(=O)O)NC(=O)C(CCCNC(=N)N)CC(=O)CCC(NC(=O)c2ccc(NCc3cnc4nc(N)[nH]c(=O)c4n3)cc2)C(=O)O)C(=O)O)[C@@]2(C)O[C@@H]2/C=C/[C@@H](C)[C@H]2C[C@H](CC(=O)O2)C[C@@H]2O[C@H]2C(=O)O1. The van der Waals surface area contributed by atoms with E-state index < -0.39 is 187 Å². The molecule has 0 spiro atoms. The summed E-state index contributed by atoms with van der Waals surface area (Å²) in [6, 6.07) is 2.90. The molecule has 3 saturated heterocycles. The molecule has 4 aliphatic rings. The van der Waals surface area contributed by atoms with Crippen LogP contribution in [0, 0.1) is 41.9 Å². The zero-order valence-corrected chi connectivity index (χ0v) is 67.4. The number of aromatic nitrogens is 5. The number of esters is 2. The lowest BCUT2D eigenvalue weighted by atomic mass is 9.84. The minimum Gasteiger partial charge on any atom is -0.481 e. The van der Waals surface area contributed by atoms with Crippen LogP contribution in [0.3, 0.4) is 0 Å². The Morgan fingerprint density at radius 3 is 2.33 bits per heavy atom. The molecule has 2 bridgehead atoms. The van der Waals surface area contributed by atoms with E-state index in [1.165, 1.54) is 30.5 Å². The molecule has 15 atom stereocenters. The molecular weight excluding hydrogens is 1530 g/mol. The summed E-state index contributed by atoms with van der Waals surface area (Å²) in [5.41, 5.74) is 12.9. The van der Waals surface area contributed by atoms with Crippen molar-refractivity contribution >= 4 is 118 Å². The number of nitrogen functional groups attached to an aromatic ring is 1. The third-order valence-corrected chi connectivity index (χ3v) is 26.0. The molecule has 616 valence electrons. The van der Waals surface area contributed by atoms with Crippen LogP contribution in [-0.2, 0) is 82.8 Å². The highest BCUT2D eigenvalue weighted by Crippen LogP contribution is 2.47. The third-order valence-electron chi connectivity index (χ3n) is 20.3. The zero-order chi connectivity index (χ0) is 82.6. The second-order valence-electron chi connectivity index (χ2n) is 30.1. The maximum Gasteiger partial charge on any atom is 0.338 e. The third kappa shape index (κ3) is 27.3. The van der Waals surface area contributed by atoms with Gasteiger partial charge in [0.05, 0.1) is 66.6 Å². The lowest BCUT2D eigenvalue weighted by Gasteiger charge is -2.37. The molecule has 113 heavy (non-hydrogen) atoms. The molecule has 34 nitrogen and oxygen atoms in total. The minimum atomic E-state index is -3.78. The first-order valence-electron chi connectivity index (χ1n) is 37.5. The second-order valence-corrected chi connectivity index (χ2v) is 37.8. The number of nitrogens with two attached hydrogens (primary N) is 2. The number of carbonyl (C=O) groups excluding carboxylic acids is 6. The average molecular weight is 1630 g/mol. The Kier molecular flexibility index (Phi) is 31.9. The van der Waals surface area contributed by atoms with Crippen LogP contribution in [0.2, 0.25) is 19.1 Å². The number of carbonyl (C=O) groups is 9. The number of amides is 2. The van der Waals surface area contributed by atoms with E-state index in [0.29, 0.717) is 41.9 Å². The molecule has 7 heterocycles. The molecular formula is C76H104N12O22S2Si. The first kappa shape index (κ1) is 89.0. The van der Waals surface area contributed by atoms with Gasteiger partial charge in [0.1, 0.15) is 47.7 Å². The van der Waals surface area contributed by atoms with Gasteiger partial charge in [-0.15, -0.1) is 0 Å². The number of sulfone groups is 1. The number of ketones is 2. The van der Waals surface area contributed by atoms with Crippen LogP contribution in [0.15, 0.2) is 87.5 Å². The topological polar surface area (TPSA) is 532 Å². The molecule has 4 unspecified atom stereocenters. The summed E-state index contributed by atoms with van der Waals surface area (Å²) >= 11 is 0.953. The van der Waals surface area contributed by atoms with E-state index in [2.05, 4.69) is 46.2 Å². The van der Waals surface area contributed by atoms with Gasteiger partial charge in [0, 0.05) is 93.2 Å². The predicted molar refractivity (Wildman–Crippen MR) is 419 cm³/mol. The van der Waals surface area contributed by atoms with Crippen molar-refractivity contribution < 1.29 is 99.4 Å². The van der Waals surface area contributed by atoms with Gasteiger partial charge in [-0.05, 0) is 126 Å². The average Bonchev–Trinajstić information content (AvgIpc) is 1.59. The number of guanidine groups is 1. The predicted octanol–water partition coefficient (Wildman–Crippen LogP) is 6.16. The number of benzene rings is 1. The fourth-order valence-corrected chi connectivity index (χ4v) is 19.3. The number of anilines is 2. The lowest BCUT2D eigenvalue weighted by molar-refractivity contribution is -0.159. The monoisotopic (exact) mass is 1630 g/mol. The highest BCUT2D eigenvalue weighted by atomic mass is 32.2. The Balaban J connectivity index is 0.850. The number of H-pyrrole nitrogens is 1. The van der Waals surface area contributed by atoms with Gasteiger partial charge in [-0.1, -0.05) is 44.2 Å². The number of oxazole rings is 1. The summed E-state index contributed by atoms with van der Waals surface area (Å²) in [7, 11) is -5.08. The smallest absolute Gasteiger partial charge is 0.338 e. The first-order chi connectivity index (χ1) is 53.4. The maximum absolute atomic E-state index is 14.3.